The fraction of sp³-hybridized carbons (Fsp3) is 0.474. The van der Waals surface area contributed by atoms with Crippen LogP contribution < -0.4 is 10.2 Å². The summed E-state index contributed by atoms with van der Waals surface area (Å²) in [6, 6.07) is 14.3. The van der Waals surface area contributed by atoms with Crippen molar-refractivity contribution in [2.45, 2.75) is 68.4 Å². The van der Waals surface area contributed by atoms with Crippen LogP contribution in [-0.2, 0) is 33.4 Å². The van der Waals surface area contributed by atoms with Gasteiger partial charge in [0.15, 0.2) is 0 Å². The van der Waals surface area contributed by atoms with E-state index in [1.165, 1.54) is 7.11 Å². The van der Waals surface area contributed by atoms with E-state index in [2.05, 4.69) is 5.32 Å². The SMILES string of the molecule is COC[C@@H]1NC(=O)CC/C=C\CN(c2ccccc2Cl)C(=O)[C@H]2N(CCCCCCO)C(=O)[C@@H]3[C@@H](C(=O)O[C@H]1c1ccccc1)[C@H]1C=C[C@]32O1. The summed E-state index contributed by atoms with van der Waals surface area (Å²) in [5, 5.41) is 12.6. The average molecular weight is 706 g/mol. The molecule has 3 amide bonds. The molecule has 6 rings (SSSR count). The van der Waals surface area contributed by atoms with Crippen molar-refractivity contribution in [3.8, 4) is 0 Å². The molecular weight excluding hydrogens is 662 g/mol. The standard InChI is InChI=1S/C38H44ClN3O8/c1-48-24-27-33(25-14-6-4-7-15-25)49-37(47)31-29-19-20-38(50-29)32(31)35(45)42(22-11-2-3-13-23-43)34(38)36(46)41(28-17-10-9-16-26(28)39)21-12-5-8-18-30(44)40-27/h4-7,9-10,12,14-17,19-20,27,29,31-34,43H,2-3,8,11,13,18,21-24H2,1H3,(H,40,44)/b12-5-/t27-,29+,31-,32-,33-,34+,38-/m0/s1. The van der Waals surface area contributed by atoms with E-state index in [9.17, 15) is 24.3 Å². The predicted molar refractivity (Wildman–Crippen MR) is 186 cm³/mol. The van der Waals surface area contributed by atoms with Crippen molar-refractivity contribution in [3.05, 3.63) is 89.5 Å². The topological polar surface area (TPSA) is 135 Å². The number of benzene rings is 2. The number of halogens is 1. The quantitative estimate of drug-likeness (QED) is 0.214. The summed E-state index contributed by atoms with van der Waals surface area (Å²) < 4.78 is 18.3. The lowest BCUT2D eigenvalue weighted by atomic mass is 9.74. The molecule has 4 heterocycles. The van der Waals surface area contributed by atoms with Crippen molar-refractivity contribution < 1.29 is 38.5 Å². The van der Waals surface area contributed by atoms with Gasteiger partial charge in [0.2, 0.25) is 11.8 Å². The van der Waals surface area contributed by atoms with Gasteiger partial charge in [0.05, 0.1) is 35.4 Å². The van der Waals surface area contributed by atoms with Crippen molar-refractivity contribution in [1.29, 1.82) is 0 Å². The number of rotatable bonds is 10. The Kier molecular flexibility index (Phi) is 11.4. The first-order chi connectivity index (χ1) is 24.3. The van der Waals surface area contributed by atoms with Crippen LogP contribution >= 0.6 is 11.6 Å². The molecule has 0 saturated carbocycles. The van der Waals surface area contributed by atoms with Crippen molar-refractivity contribution in [3.63, 3.8) is 0 Å². The highest BCUT2D eigenvalue weighted by Gasteiger charge is 2.73. The molecule has 0 aromatic heterocycles. The van der Waals surface area contributed by atoms with Gasteiger partial charge >= 0.3 is 5.97 Å². The number of hydrogen-bond donors (Lipinski definition) is 2. The minimum Gasteiger partial charge on any atom is -0.455 e. The molecule has 266 valence electrons. The average Bonchev–Trinajstić information content (AvgIpc) is 3.76. The molecule has 11 nitrogen and oxygen atoms in total. The Bertz CT molecular complexity index is 1620. The fourth-order valence-corrected chi connectivity index (χ4v) is 7.97. The molecule has 5 bridgehead atoms. The normalized spacial score (nSPS) is 30.4. The summed E-state index contributed by atoms with van der Waals surface area (Å²) in [6.07, 6.45) is 8.75. The number of methoxy groups -OCH3 is 1. The third kappa shape index (κ3) is 6.96. The number of para-hydroxylation sites is 1. The second-order valence-electron chi connectivity index (χ2n) is 13.2. The van der Waals surface area contributed by atoms with Crippen molar-refractivity contribution in [2.75, 3.05) is 38.3 Å². The lowest BCUT2D eigenvalue weighted by Crippen LogP contribution is -2.56. The number of ether oxygens (including phenoxy) is 3. The van der Waals surface area contributed by atoms with Crippen LogP contribution in [0.1, 0.15) is 50.2 Å². The Morgan fingerprint density at radius 3 is 2.50 bits per heavy atom. The van der Waals surface area contributed by atoms with E-state index in [1.54, 1.807) is 46.2 Å². The van der Waals surface area contributed by atoms with E-state index >= 15 is 0 Å². The number of nitrogens with zero attached hydrogens (tertiary/aromatic N) is 2. The first kappa shape index (κ1) is 35.8. The second kappa shape index (κ2) is 15.9. The van der Waals surface area contributed by atoms with Gasteiger partial charge < -0.3 is 34.4 Å². The molecule has 0 radical (unpaired) electrons. The molecule has 0 aliphatic carbocycles. The van der Waals surface area contributed by atoms with Gasteiger partial charge in [0.25, 0.3) is 5.91 Å². The molecule has 7 atom stereocenters. The molecule has 0 unspecified atom stereocenters. The molecule has 2 aromatic carbocycles. The van der Waals surface area contributed by atoms with Crippen LogP contribution in [0.15, 0.2) is 78.9 Å². The minimum absolute atomic E-state index is 0.0681. The number of fused-ring (bicyclic) bond motifs is 2. The number of carbonyl (C=O) groups excluding carboxylic acids is 4. The van der Waals surface area contributed by atoms with Gasteiger partial charge in [-0.05, 0) is 37.0 Å². The largest absolute Gasteiger partial charge is 0.455 e. The Morgan fingerprint density at radius 2 is 1.74 bits per heavy atom. The van der Waals surface area contributed by atoms with Gasteiger partial charge in [0.1, 0.15) is 23.7 Å². The smallest absolute Gasteiger partial charge is 0.313 e. The number of cyclic esters (lactones) is 1. The van der Waals surface area contributed by atoms with Crippen molar-refractivity contribution in [2.24, 2.45) is 11.8 Å². The highest BCUT2D eigenvalue weighted by atomic mass is 35.5. The Morgan fingerprint density at radius 1 is 0.980 bits per heavy atom. The minimum atomic E-state index is -1.41. The summed E-state index contributed by atoms with van der Waals surface area (Å²) in [4.78, 5) is 60.2. The number of aliphatic hydroxyl groups excluding tert-OH is 1. The van der Waals surface area contributed by atoms with Gasteiger partial charge in [0, 0.05) is 33.2 Å². The number of anilines is 1. The summed E-state index contributed by atoms with van der Waals surface area (Å²) in [5.41, 5.74) is -0.288. The predicted octanol–water partition coefficient (Wildman–Crippen LogP) is 4.14. The maximum Gasteiger partial charge on any atom is 0.313 e. The molecule has 1 spiro atoms. The maximum absolute atomic E-state index is 14.9. The number of hydrogen-bond acceptors (Lipinski definition) is 8. The van der Waals surface area contributed by atoms with E-state index in [0.29, 0.717) is 35.5 Å². The summed E-state index contributed by atoms with van der Waals surface area (Å²) in [6.45, 7) is 0.543. The molecule has 2 saturated heterocycles. The van der Waals surface area contributed by atoms with Crippen molar-refractivity contribution in [1.82, 2.24) is 10.2 Å². The van der Waals surface area contributed by atoms with Gasteiger partial charge in [-0.25, -0.2) is 0 Å². The number of carbonyl (C=O) groups is 4. The highest BCUT2D eigenvalue weighted by Crippen LogP contribution is 2.56. The fourth-order valence-electron chi connectivity index (χ4n) is 7.73. The third-order valence-corrected chi connectivity index (χ3v) is 10.3. The molecule has 2 aromatic rings. The van der Waals surface area contributed by atoms with E-state index in [4.69, 9.17) is 25.8 Å². The lowest BCUT2D eigenvalue weighted by molar-refractivity contribution is -0.162. The Hall–Kier alpha value is -4.03. The van der Waals surface area contributed by atoms with E-state index in [-0.39, 0.29) is 44.5 Å². The molecule has 4 aliphatic rings. The van der Waals surface area contributed by atoms with Crippen LogP contribution in [0.3, 0.4) is 0 Å². The Labute approximate surface area is 297 Å². The van der Waals surface area contributed by atoms with Crippen LogP contribution in [0.4, 0.5) is 5.69 Å². The van der Waals surface area contributed by atoms with Gasteiger partial charge in [-0.3, -0.25) is 19.2 Å². The van der Waals surface area contributed by atoms with Crippen LogP contribution in [0, 0.1) is 11.8 Å². The lowest BCUT2D eigenvalue weighted by Gasteiger charge is -2.36. The number of nitrogens with one attached hydrogen (secondary N) is 1. The molecular formula is C38H44ClN3O8. The number of allylic oxidation sites excluding steroid dienone is 1. The molecule has 4 aliphatic heterocycles. The highest BCUT2D eigenvalue weighted by molar-refractivity contribution is 6.34. The molecule has 50 heavy (non-hydrogen) atoms. The number of likely N-dealkylation sites (tertiary alicyclic amines) is 1. The first-order valence-corrected chi connectivity index (χ1v) is 17.7. The maximum atomic E-state index is 14.9. The number of aliphatic hydroxyl groups is 1. The monoisotopic (exact) mass is 705 g/mol. The zero-order valence-electron chi connectivity index (χ0n) is 28.1. The zero-order chi connectivity index (χ0) is 35.3. The molecule has 2 fully saturated rings. The summed E-state index contributed by atoms with van der Waals surface area (Å²) >= 11 is 6.66. The summed E-state index contributed by atoms with van der Waals surface area (Å²) in [7, 11) is 1.51. The first-order valence-electron chi connectivity index (χ1n) is 17.3. The van der Waals surface area contributed by atoms with Crippen LogP contribution in [-0.4, -0.2) is 90.9 Å². The van der Waals surface area contributed by atoms with Gasteiger partial charge in [-0.1, -0.05) is 91.2 Å². The number of esters is 1. The Balaban J connectivity index is 1.43. The summed E-state index contributed by atoms with van der Waals surface area (Å²) in [5.74, 6) is -3.70. The second-order valence-corrected chi connectivity index (χ2v) is 13.6. The van der Waals surface area contributed by atoms with E-state index in [1.807, 2.05) is 42.5 Å². The molecule has 2 N–H and O–H groups in total. The van der Waals surface area contributed by atoms with E-state index in [0.717, 1.165) is 12.8 Å². The van der Waals surface area contributed by atoms with Crippen LogP contribution in [0.2, 0.25) is 5.02 Å². The number of unbranched alkanes of at least 4 members (excludes halogenated alkanes) is 3. The number of amides is 3. The van der Waals surface area contributed by atoms with Crippen LogP contribution in [0.5, 0.6) is 0 Å². The van der Waals surface area contributed by atoms with Gasteiger partial charge in [-0.2, -0.15) is 0 Å². The third-order valence-electron chi connectivity index (χ3n) is 10.0. The zero-order valence-corrected chi connectivity index (χ0v) is 28.9. The van der Waals surface area contributed by atoms with Gasteiger partial charge in [-0.15, -0.1) is 0 Å². The molecule has 12 heteroatoms. The van der Waals surface area contributed by atoms with Crippen LogP contribution in [0.25, 0.3) is 0 Å². The van der Waals surface area contributed by atoms with Crippen molar-refractivity contribution >= 4 is 41.0 Å². The van der Waals surface area contributed by atoms with E-state index < -0.39 is 53.6 Å².